The van der Waals surface area contributed by atoms with E-state index in [9.17, 15) is 18.0 Å². The van der Waals surface area contributed by atoms with Crippen molar-refractivity contribution < 1.29 is 18.0 Å². The van der Waals surface area contributed by atoms with E-state index in [1.54, 1.807) is 30.3 Å². The van der Waals surface area contributed by atoms with Gasteiger partial charge in [0.1, 0.15) is 5.69 Å². The molecule has 1 heterocycles. The molecule has 1 aromatic heterocycles. The normalized spacial score (nSPS) is 13.7. The fourth-order valence-electron chi connectivity index (χ4n) is 3.37. The molecule has 1 saturated carbocycles. The number of aromatic nitrogens is 2. The van der Waals surface area contributed by atoms with Crippen LogP contribution in [0.25, 0.3) is 0 Å². The number of aryl methyl sites for hydroxylation is 1. The number of carbonyl (C=O) groups is 2. The first-order chi connectivity index (χ1) is 14.8. The van der Waals surface area contributed by atoms with Crippen molar-refractivity contribution in [2.24, 2.45) is 7.05 Å². The van der Waals surface area contributed by atoms with Crippen LogP contribution in [-0.4, -0.2) is 35.7 Å². The van der Waals surface area contributed by atoms with Gasteiger partial charge in [-0.25, -0.2) is 13.4 Å². The minimum atomic E-state index is -3.84. The summed E-state index contributed by atoms with van der Waals surface area (Å²) in [7, 11) is -2.32. The first kappa shape index (κ1) is 21.0. The average molecular weight is 438 g/mol. The fourth-order valence-corrected chi connectivity index (χ4v) is 4.75. The van der Waals surface area contributed by atoms with Crippen LogP contribution >= 0.6 is 0 Å². The summed E-state index contributed by atoms with van der Waals surface area (Å²) in [4.78, 5) is 29.5. The van der Waals surface area contributed by atoms with Crippen molar-refractivity contribution in [1.29, 1.82) is 0 Å². The van der Waals surface area contributed by atoms with E-state index in [-0.39, 0.29) is 39.9 Å². The van der Waals surface area contributed by atoms with Crippen LogP contribution in [0.2, 0.25) is 0 Å². The van der Waals surface area contributed by atoms with Gasteiger partial charge in [0.05, 0.1) is 11.1 Å². The highest BCUT2D eigenvalue weighted by molar-refractivity contribution is 7.91. The zero-order chi connectivity index (χ0) is 22.2. The summed E-state index contributed by atoms with van der Waals surface area (Å²) in [5.74, 6) is -0.416. The van der Waals surface area contributed by atoms with Gasteiger partial charge in [-0.05, 0) is 55.2 Å². The average Bonchev–Trinajstić information content (AvgIpc) is 3.48. The zero-order valence-corrected chi connectivity index (χ0v) is 18.1. The standard InChI is InChI=1S/C23H23N3O4S/c1-15-8-9-16(22(28)25-18-10-11-18)12-17(15)13-21(27)20-14-24-23(26(20)2)31(29,30)19-6-4-3-5-7-19/h3-9,12,14,18H,10-11,13H2,1-2H3,(H,25,28). The molecular weight excluding hydrogens is 414 g/mol. The number of amides is 1. The van der Waals surface area contributed by atoms with Gasteiger partial charge in [-0.1, -0.05) is 24.3 Å². The largest absolute Gasteiger partial charge is 0.349 e. The van der Waals surface area contributed by atoms with Crippen molar-refractivity contribution in [3.63, 3.8) is 0 Å². The first-order valence-corrected chi connectivity index (χ1v) is 11.5. The van der Waals surface area contributed by atoms with E-state index in [2.05, 4.69) is 10.3 Å². The number of nitrogens with zero attached hydrogens (tertiary/aromatic N) is 2. The van der Waals surface area contributed by atoms with E-state index in [4.69, 9.17) is 0 Å². The van der Waals surface area contributed by atoms with Crippen molar-refractivity contribution in [2.45, 2.75) is 42.3 Å². The molecule has 0 bridgehead atoms. The highest BCUT2D eigenvalue weighted by atomic mass is 32.2. The number of sulfone groups is 1. The molecule has 3 aromatic rings. The lowest BCUT2D eigenvalue weighted by Gasteiger charge is -2.10. The number of Topliss-reactive ketones (excluding diaryl/α,β-unsaturated/α-hetero) is 1. The van der Waals surface area contributed by atoms with Gasteiger partial charge in [0.15, 0.2) is 5.78 Å². The lowest BCUT2D eigenvalue weighted by Crippen LogP contribution is -2.25. The van der Waals surface area contributed by atoms with Gasteiger partial charge >= 0.3 is 0 Å². The van der Waals surface area contributed by atoms with Crippen molar-refractivity contribution >= 4 is 21.5 Å². The number of carbonyl (C=O) groups excluding carboxylic acids is 2. The van der Waals surface area contributed by atoms with Crippen LogP contribution in [0.1, 0.15) is 44.8 Å². The molecule has 0 spiro atoms. The Morgan fingerprint density at radius 2 is 1.84 bits per heavy atom. The van der Waals surface area contributed by atoms with Gasteiger partial charge in [-0.2, -0.15) is 0 Å². The molecule has 0 radical (unpaired) electrons. The second-order valence-corrected chi connectivity index (χ2v) is 9.63. The van der Waals surface area contributed by atoms with Gasteiger partial charge in [0, 0.05) is 25.1 Å². The summed E-state index contributed by atoms with van der Waals surface area (Å²) in [6.07, 6.45) is 3.33. The molecule has 1 aliphatic carbocycles. The van der Waals surface area contributed by atoms with Crippen molar-refractivity contribution in [3.05, 3.63) is 77.1 Å². The van der Waals surface area contributed by atoms with Gasteiger partial charge < -0.3 is 9.88 Å². The summed E-state index contributed by atoms with van der Waals surface area (Å²) >= 11 is 0. The highest BCUT2D eigenvalue weighted by Crippen LogP contribution is 2.22. The molecule has 1 aliphatic rings. The fraction of sp³-hybridized carbons (Fsp3) is 0.261. The quantitative estimate of drug-likeness (QED) is 0.573. The maximum absolute atomic E-state index is 13.0. The Hall–Kier alpha value is -3.26. The Bertz CT molecular complexity index is 1260. The lowest BCUT2D eigenvalue weighted by atomic mass is 9.99. The number of hydrogen-bond donors (Lipinski definition) is 1. The molecule has 31 heavy (non-hydrogen) atoms. The van der Waals surface area contributed by atoms with Gasteiger partial charge in [0.2, 0.25) is 15.0 Å². The highest BCUT2D eigenvalue weighted by Gasteiger charge is 2.27. The molecule has 1 amide bonds. The minimum absolute atomic E-state index is 0.0424. The Balaban J connectivity index is 1.58. The molecule has 2 aromatic carbocycles. The predicted molar refractivity (Wildman–Crippen MR) is 115 cm³/mol. The first-order valence-electron chi connectivity index (χ1n) is 10.0. The van der Waals surface area contributed by atoms with Crippen LogP contribution in [0.15, 0.2) is 64.8 Å². The van der Waals surface area contributed by atoms with Crippen LogP contribution < -0.4 is 5.32 Å². The van der Waals surface area contributed by atoms with E-state index in [0.717, 1.165) is 24.0 Å². The molecule has 0 saturated heterocycles. The van der Waals surface area contributed by atoms with Crippen molar-refractivity contribution in [2.75, 3.05) is 0 Å². The second kappa shape index (κ2) is 8.11. The van der Waals surface area contributed by atoms with Crippen molar-refractivity contribution in [1.82, 2.24) is 14.9 Å². The minimum Gasteiger partial charge on any atom is -0.349 e. The van der Waals surface area contributed by atoms with Crippen LogP contribution in [0.5, 0.6) is 0 Å². The third-order valence-electron chi connectivity index (χ3n) is 5.40. The van der Waals surface area contributed by atoms with E-state index in [0.29, 0.717) is 5.56 Å². The number of rotatable bonds is 7. The van der Waals surface area contributed by atoms with Crippen LogP contribution in [0.4, 0.5) is 0 Å². The van der Waals surface area contributed by atoms with Gasteiger partial charge in [-0.3, -0.25) is 9.59 Å². The predicted octanol–water partition coefficient (Wildman–Crippen LogP) is 2.88. The van der Waals surface area contributed by atoms with Crippen molar-refractivity contribution in [3.8, 4) is 0 Å². The third kappa shape index (κ3) is 4.29. The Morgan fingerprint density at radius 3 is 2.52 bits per heavy atom. The Labute approximate surface area is 181 Å². The van der Waals surface area contributed by atoms with E-state index in [1.165, 1.54) is 29.9 Å². The molecular formula is C23H23N3O4S. The molecule has 0 aliphatic heterocycles. The SMILES string of the molecule is Cc1ccc(C(=O)NC2CC2)cc1CC(=O)c1cnc(S(=O)(=O)c2ccccc2)n1C. The maximum Gasteiger partial charge on any atom is 0.251 e. The molecule has 160 valence electrons. The number of imidazole rings is 1. The van der Waals surface area contributed by atoms with Crippen LogP contribution in [0.3, 0.4) is 0 Å². The maximum atomic E-state index is 13.0. The smallest absolute Gasteiger partial charge is 0.251 e. The Morgan fingerprint density at radius 1 is 1.13 bits per heavy atom. The zero-order valence-electron chi connectivity index (χ0n) is 17.3. The molecule has 0 atom stereocenters. The summed E-state index contributed by atoms with van der Waals surface area (Å²) in [5.41, 5.74) is 2.32. The number of benzene rings is 2. The molecule has 7 nitrogen and oxygen atoms in total. The molecule has 1 N–H and O–H groups in total. The number of hydrogen-bond acceptors (Lipinski definition) is 5. The van der Waals surface area contributed by atoms with Gasteiger partial charge in [0.25, 0.3) is 5.91 Å². The topological polar surface area (TPSA) is 98.1 Å². The van der Waals surface area contributed by atoms with Crippen LogP contribution in [0, 0.1) is 6.92 Å². The molecule has 4 rings (SSSR count). The molecule has 8 heteroatoms. The van der Waals surface area contributed by atoms with E-state index in [1.807, 2.05) is 13.0 Å². The summed E-state index contributed by atoms with van der Waals surface area (Å²) in [5, 5.41) is 2.76. The molecule has 1 fully saturated rings. The van der Waals surface area contributed by atoms with Gasteiger partial charge in [-0.15, -0.1) is 0 Å². The van der Waals surface area contributed by atoms with E-state index < -0.39 is 9.84 Å². The summed E-state index contributed by atoms with van der Waals surface area (Å²) in [6, 6.07) is 13.5. The van der Waals surface area contributed by atoms with E-state index >= 15 is 0 Å². The summed E-state index contributed by atoms with van der Waals surface area (Å²) in [6.45, 7) is 1.87. The number of ketones is 1. The number of nitrogens with one attached hydrogen (secondary N) is 1. The van der Waals surface area contributed by atoms with Crippen LogP contribution in [-0.2, 0) is 23.3 Å². The summed E-state index contributed by atoms with van der Waals surface area (Å²) < 4.78 is 27.1. The third-order valence-corrected chi connectivity index (χ3v) is 7.15. The lowest BCUT2D eigenvalue weighted by molar-refractivity contribution is 0.0947. The molecule has 0 unspecified atom stereocenters. The second-order valence-electron chi connectivity index (χ2n) is 7.79. The monoisotopic (exact) mass is 437 g/mol. The Kier molecular flexibility index (Phi) is 5.49.